The Kier molecular flexibility index (Phi) is 7.92. The highest BCUT2D eigenvalue weighted by atomic mass is 35.5. The van der Waals surface area contributed by atoms with Gasteiger partial charge in [0.1, 0.15) is 35.3 Å². The molecule has 1 saturated heterocycles. The van der Waals surface area contributed by atoms with Gasteiger partial charge in [0, 0.05) is 12.5 Å². The van der Waals surface area contributed by atoms with E-state index in [1.54, 1.807) is 20.8 Å². The van der Waals surface area contributed by atoms with Gasteiger partial charge in [0.05, 0.1) is 13.7 Å². The number of aromatic nitrogens is 2. The Labute approximate surface area is 193 Å². The normalized spacial score (nSPS) is 19.8. The fourth-order valence-corrected chi connectivity index (χ4v) is 3.42. The Morgan fingerprint density at radius 2 is 1.84 bits per heavy atom. The van der Waals surface area contributed by atoms with Gasteiger partial charge < -0.3 is 24.4 Å². The van der Waals surface area contributed by atoms with Crippen molar-refractivity contribution in [2.75, 3.05) is 13.7 Å². The molecule has 1 aliphatic rings. The SMILES string of the molecule is COC(=O)[C@@H]1C[C@@H](Oc2cc(Cl)ncn2)CN1C(=O)[C@@H](NC(=O)OC(C)(C)C)C(C)(C)C. The molecule has 10 nitrogen and oxygen atoms in total. The van der Waals surface area contributed by atoms with E-state index in [9.17, 15) is 14.4 Å². The average molecular weight is 471 g/mol. The summed E-state index contributed by atoms with van der Waals surface area (Å²) in [5, 5.41) is 2.86. The lowest BCUT2D eigenvalue weighted by Crippen LogP contribution is -2.57. The number of nitrogens with one attached hydrogen (secondary N) is 1. The van der Waals surface area contributed by atoms with Crippen molar-refractivity contribution in [2.24, 2.45) is 5.41 Å². The summed E-state index contributed by atoms with van der Waals surface area (Å²) in [7, 11) is 1.25. The van der Waals surface area contributed by atoms with Crippen LogP contribution in [0.15, 0.2) is 12.4 Å². The first kappa shape index (κ1) is 25.6. The number of likely N-dealkylation sites (tertiary alicyclic amines) is 1. The number of methoxy groups -OCH3 is 1. The molecule has 11 heteroatoms. The van der Waals surface area contributed by atoms with E-state index in [-0.39, 0.29) is 24.0 Å². The predicted molar refractivity (Wildman–Crippen MR) is 116 cm³/mol. The molecule has 0 spiro atoms. The van der Waals surface area contributed by atoms with Crippen molar-refractivity contribution in [3.63, 3.8) is 0 Å². The van der Waals surface area contributed by atoms with Crippen LogP contribution in [0, 0.1) is 5.41 Å². The summed E-state index contributed by atoms with van der Waals surface area (Å²) in [6.45, 7) is 10.7. The van der Waals surface area contributed by atoms with Gasteiger partial charge in [0.15, 0.2) is 0 Å². The van der Waals surface area contributed by atoms with Crippen LogP contribution in [0.2, 0.25) is 5.15 Å². The molecule has 32 heavy (non-hydrogen) atoms. The van der Waals surface area contributed by atoms with Gasteiger partial charge in [-0.3, -0.25) is 4.79 Å². The Bertz CT molecular complexity index is 851. The molecule has 2 heterocycles. The Morgan fingerprint density at radius 1 is 1.19 bits per heavy atom. The van der Waals surface area contributed by atoms with Crippen molar-refractivity contribution in [3.8, 4) is 5.88 Å². The zero-order chi connectivity index (χ0) is 24.3. The third-order valence-corrected chi connectivity index (χ3v) is 4.90. The average Bonchev–Trinajstić information content (AvgIpc) is 3.06. The molecule has 1 aromatic rings. The highest BCUT2D eigenvalue weighted by molar-refractivity contribution is 6.29. The number of esters is 1. The van der Waals surface area contributed by atoms with E-state index in [1.165, 1.54) is 24.4 Å². The molecule has 0 unspecified atom stereocenters. The standard InChI is InChI=1S/C21H31ClN4O6/c1-20(2,3)16(25-19(29)32-21(4,5)6)17(27)26-10-12(8-13(26)18(28)30-7)31-15-9-14(22)23-11-24-15/h9,11-13,16H,8,10H2,1-7H3,(H,25,29)/t12-,13+,16-/m1/s1. The zero-order valence-corrected chi connectivity index (χ0v) is 20.2. The topological polar surface area (TPSA) is 120 Å². The second-order valence-electron chi connectivity index (χ2n) is 9.63. The highest BCUT2D eigenvalue weighted by Crippen LogP contribution is 2.28. The largest absolute Gasteiger partial charge is 0.472 e. The van der Waals surface area contributed by atoms with Crippen molar-refractivity contribution in [1.29, 1.82) is 0 Å². The van der Waals surface area contributed by atoms with E-state index >= 15 is 0 Å². The van der Waals surface area contributed by atoms with Gasteiger partial charge in [0.25, 0.3) is 0 Å². The van der Waals surface area contributed by atoms with Crippen LogP contribution in [0.5, 0.6) is 5.88 Å². The molecule has 0 aromatic carbocycles. The molecular weight excluding hydrogens is 440 g/mol. The van der Waals surface area contributed by atoms with Gasteiger partial charge in [-0.2, -0.15) is 0 Å². The molecule has 2 amide bonds. The molecule has 0 radical (unpaired) electrons. The molecule has 0 bridgehead atoms. The van der Waals surface area contributed by atoms with E-state index in [1.807, 2.05) is 20.8 Å². The van der Waals surface area contributed by atoms with E-state index in [0.29, 0.717) is 0 Å². The molecule has 0 saturated carbocycles. The number of carbonyl (C=O) groups excluding carboxylic acids is 3. The van der Waals surface area contributed by atoms with Crippen LogP contribution in [0.1, 0.15) is 48.0 Å². The molecule has 3 atom stereocenters. The second-order valence-corrected chi connectivity index (χ2v) is 10.0. The number of carbonyl (C=O) groups is 3. The third kappa shape index (κ3) is 6.94. The minimum Gasteiger partial charge on any atom is -0.472 e. The number of alkyl carbamates (subject to hydrolysis) is 1. The lowest BCUT2D eigenvalue weighted by molar-refractivity contribution is -0.152. The van der Waals surface area contributed by atoms with Crippen molar-refractivity contribution < 1.29 is 28.6 Å². The molecule has 0 aliphatic carbocycles. The maximum atomic E-state index is 13.5. The van der Waals surface area contributed by atoms with E-state index in [0.717, 1.165) is 0 Å². The van der Waals surface area contributed by atoms with Gasteiger partial charge >= 0.3 is 12.1 Å². The number of amides is 2. The zero-order valence-electron chi connectivity index (χ0n) is 19.5. The minimum absolute atomic E-state index is 0.100. The Balaban J connectivity index is 2.24. The second kappa shape index (κ2) is 9.89. The highest BCUT2D eigenvalue weighted by Gasteiger charge is 2.46. The smallest absolute Gasteiger partial charge is 0.408 e. The number of nitrogens with zero attached hydrogens (tertiary/aromatic N) is 3. The maximum absolute atomic E-state index is 13.5. The summed E-state index contributed by atoms with van der Waals surface area (Å²) in [5.74, 6) is -0.784. The number of halogens is 1. The first-order valence-corrected chi connectivity index (χ1v) is 10.6. The van der Waals surface area contributed by atoms with Gasteiger partial charge in [-0.05, 0) is 26.2 Å². The summed E-state index contributed by atoms with van der Waals surface area (Å²) < 4.78 is 16.0. The molecule has 1 aromatic heterocycles. The van der Waals surface area contributed by atoms with E-state index < -0.39 is 47.2 Å². The molecule has 178 valence electrons. The van der Waals surface area contributed by atoms with Gasteiger partial charge in [0.2, 0.25) is 11.8 Å². The van der Waals surface area contributed by atoms with E-state index in [2.05, 4.69) is 15.3 Å². The Hall–Kier alpha value is -2.62. The number of hydrogen-bond donors (Lipinski definition) is 1. The summed E-state index contributed by atoms with van der Waals surface area (Å²) >= 11 is 5.88. The van der Waals surface area contributed by atoms with Gasteiger partial charge in [-0.15, -0.1) is 0 Å². The quantitative estimate of drug-likeness (QED) is 0.515. The van der Waals surface area contributed by atoms with Crippen LogP contribution < -0.4 is 10.1 Å². The molecular formula is C21H31ClN4O6. The van der Waals surface area contributed by atoms with E-state index in [4.69, 9.17) is 25.8 Å². The van der Waals surface area contributed by atoms with Gasteiger partial charge in [-0.25, -0.2) is 19.6 Å². The summed E-state index contributed by atoms with van der Waals surface area (Å²) in [4.78, 5) is 47.5. The van der Waals surface area contributed by atoms with Crippen LogP contribution in [0.25, 0.3) is 0 Å². The van der Waals surface area contributed by atoms with Gasteiger partial charge in [-0.1, -0.05) is 32.4 Å². The summed E-state index contributed by atoms with van der Waals surface area (Å²) in [5.41, 5.74) is -1.39. The van der Waals surface area contributed by atoms with Crippen LogP contribution in [0.3, 0.4) is 0 Å². The first-order valence-electron chi connectivity index (χ1n) is 10.2. The van der Waals surface area contributed by atoms with Crippen molar-refractivity contribution in [2.45, 2.75) is 71.8 Å². The summed E-state index contributed by atoms with van der Waals surface area (Å²) in [6, 6.07) is -0.377. The molecule has 2 rings (SSSR count). The van der Waals surface area contributed by atoms with Crippen molar-refractivity contribution in [3.05, 3.63) is 17.5 Å². The van der Waals surface area contributed by atoms with Crippen molar-refractivity contribution >= 4 is 29.6 Å². The van der Waals surface area contributed by atoms with Crippen LogP contribution in [-0.4, -0.2) is 70.3 Å². The third-order valence-electron chi connectivity index (χ3n) is 4.69. The number of rotatable bonds is 5. The van der Waals surface area contributed by atoms with Crippen LogP contribution in [-0.2, 0) is 19.1 Å². The first-order chi connectivity index (χ1) is 14.7. The lowest BCUT2D eigenvalue weighted by Gasteiger charge is -2.35. The Morgan fingerprint density at radius 3 is 2.38 bits per heavy atom. The summed E-state index contributed by atoms with van der Waals surface area (Å²) in [6.07, 6.45) is 0.205. The lowest BCUT2D eigenvalue weighted by atomic mass is 9.85. The molecule has 1 aliphatic heterocycles. The molecule has 1 N–H and O–H groups in total. The van der Waals surface area contributed by atoms with Crippen molar-refractivity contribution in [1.82, 2.24) is 20.2 Å². The predicted octanol–water partition coefficient (Wildman–Crippen LogP) is 2.59. The number of ether oxygens (including phenoxy) is 3. The maximum Gasteiger partial charge on any atom is 0.408 e. The number of hydrogen-bond acceptors (Lipinski definition) is 8. The fraction of sp³-hybridized carbons (Fsp3) is 0.667. The monoisotopic (exact) mass is 470 g/mol. The fourth-order valence-electron chi connectivity index (χ4n) is 3.28. The minimum atomic E-state index is -0.947. The molecule has 1 fully saturated rings. The van der Waals surface area contributed by atoms with Crippen LogP contribution >= 0.6 is 11.6 Å². The van der Waals surface area contributed by atoms with Crippen LogP contribution in [0.4, 0.5) is 4.79 Å².